The molecule has 0 spiro atoms. The molecule has 1 N–H and O–H groups in total. The predicted octanol–water partition coefficient (Wildman–Crippen LogP) is 5.36. The Balaban J connectivity index is 1.77. The van der Waals surface area contributed by atoms with E-state index in [1.807, 2.05) is 19.1 Å². The van der Waals surface area contributed by atoms with Gasteiger partial charge in [-0.15, -0.1) is 0 Å². The molecular formula is C18H20ClFN2O2. The lowest BCUT2D eigenvalue weighted by Crippen LogP contribution is -2.41. The summed E-state index contributed by atoms with van der Waals surface area (Å²) in [4.78, 5) is 14.5. The van der Waals surface area contributed by atoms with E-state index in [4.69, 9.17) is 16.0 Å². The molecule has 1 heterocycles. The van der Waals surface area contributed by atoms with Gasteiger partial charge in [0.15, 0.2) is 0 Å². The molecule has 3 rings (SSSR count). The van der Waals surface area contributed by atoms with Crippen molar-refractivity contribution in [1.29, 1.82) is 0 Å². The molecule has 1 aromatic carbocycles. The van der Waals surface area contributed by atoms with E-state index in [0.29, 0.717) is 11.6 Å². The van der Waals surface area contributed by atoms with E-state index in [1.165, 1.54) is 12.1 Å². The lowest BCUT2D eigenvalue weighted by molar-refractivity contribution is 0.177. The van der Waals surface area contributed by atoms with Crippen LogP contribution in [0.4, 0.5) is 14.9 Å². The molecule has 0 radical (unpaired) electrons. The zero-order valence-electron chi connectivity index (χ0n) is 13.5. The molecule has 0 saturated heterocycles. The molecule has 1 saturated carbocycles. The molecule has 0 atom stereocenters. The Labute approximate surface area is 145 Å². The van der Waals surface area contributed by atoms with Crippen LogP contribution in [0.15, 0.2) is 34.7 Å². The molecule has 0 aliphatic heterocycles. The normalized spacial score (nSPS) is 14.8. The maximum absolute atomic E-state index is 13.9. The summed E-state index contributed by atoms with van der Waals surface area (Å²) in [7, 11) is 0. The number of carbonyl (C=O) groups is 1. The number of nitrogens with zero attached hydrogens (tertiary/aromatic N) is 1. The molecule has 0 unspecified atom stereocenters. The fourth-order valence-corrected chi connectivity index (χ4v) is 3.26. The number of aryl methyl sites for hydroxylation is 1. The molecule has 1 aliphatic carbocycles. The van der Waals surface area contributed by atoms with Crippen LogP contribution in [0.25, 0.3) is 0 Å². The van der Waals surface area contributed by atoms with Gasteiger partial charge in [0, 0.05) is 11.1 Å². The SMILES string of the molecule is Cc1ccc(CN(C(=O)Nc2ccc(Cl)cc2F)C2CCCC2)o1. The third kappa shape index (κ3) is 3.90. The largest absolute Gasteiger partial charge is 0.464 e. The first-order chi connectivity index (χ1) is 11.5. The van der Waals surface area contributed by atoms with Gasteiger partial charge < -0.3 is 14.6 Å². The minimum absolute atomic E-state index is 0.128. The fraction of sp³-hybridized carbons (Fsp3) is 0.389. The van der Waals surface area contributed by atoms with E-state index in [2.05, 4.69) is 5.32 Å². The molecule has 128 valence electrons. The predicted molar refractivity (Wildman–Crippen MR) is 91.7 cm³/mol. The van der Waals surface area contributed by atoms with Crippen LogP contribution in [-0.2, 0) is 6.54 Å². The molecule has 2 aromatic rings. The van der Waals surface area contributed by atoms with E-state index in [-0.39, 0.29) is 17.8 Å². The minimum Gasteiger partial charge on any atom is -0.464 e. The van der Waals surface area contributed by atoms with Crippen molar-refractivity contribution < 1.29 is 13.6 Å². The van der Waals surface area contributed by atoms with Gasteiger partial charge in [-0.25, -0.2) is 9.18 Å². The molecule has 1 aromatic heterocycles. The van der Waals surface area contributed by atoms with Gasteiger partial charge in [-0.05, 0) is 50.1 Å². The number of halogens is 2. The zero-order valence-corrected chi connectivity index (χ0v) is 14.3. The third-order valence-corrected chi connectivity index (χ3v) is 4.56. The van der Waals surface area contributed by atoms with E-state index < -0.39 is 5.82 Å². The van der Waals surface area contributed by atoms with Crippen molar-refractivity contribution in [2.45, 2.75) is 45.2 Å². The zero-order chi connectivity index (χ0) is 17.1. The topological polar surface area (TPSA) is 45.5 Å². The third-order valence-electron chi connectivity index (χ3n) is 4.32. The number of rotatable bonds is 4. The van der Waals surface area contributed by atoms with Crippen molar-refractivity contribution in [2.75, 3.05) is 5.32 Å². The fourth-order valence-electron chi connectivity index (χ4n) is 3.10. The molecule has 0 bridgehead atoms. The number of furan rings is 1. The summed E-state index contributed by atoms with van der Waals surface area (Å²) < 4.78 is 19.5. The van der Waals surface area contributed by atoms with E-state index >= 15 is 0 Å². The van der Waals surface area contributed by atoms with Crippen LogP contribution >= 0.6 is 11.6 Å². The van der Waals surface area contributed by atoms with E-state index in [0.717, 1.165) is 37.2 Å². The Bertz CT molecular complexity index is 726. The van der Waals surface area contributed by atoms with Crippen LogP contribution in [0.2, 0.25) is 5.02 Å². The molecular weight excluding hydrogens is 331 g/mol. The highest BCUT2D eigenvalue weighted by Crippen LogP contribution is 2.27. The van der Waals surface area contributed by atoms with Crippen LogP contribution in [0.5, 0.6) is 0 Å². The van der Waals surface area contributed by atoms with Crippen LogP contribution in [0, 0.1) is 12.7 Å². The molecule has 6 heteroatoms. The van der Waals surface area contributed by atoms with Crippen molar-refractivity contribution in [2.24, 2.45) is 0 Å². The average Bonchev–Trinajstić information content (AvgIpc) is 3.19. The second-order valence-electron chi connectivity index (χ2n) is 6.13. The van der Waals surface area contributed by atoms with Gasteiger partial charge in [0.25, 0.3) is 0 Å². The lowest BCUT2D eigenvalue weighted by atomic mass is 10.2. The summed E-state index contributed by atoms with van der Waals surface area (Å²) in [6.45, 7) is 2.24. The molecule has 1 aliphatic rings. The van der Waals surface area contributed by atoms with Crippen LogP contribution in [0.3, 0.4) is 0 Å². The van der Waals surface area contributed by atoms with Crippen molar-refractivity contribution in [3.63, 3.8) is 0 Å². The highest BCUT2D eigenvalue weighted by atomic mass is 35.5. The van der Waals surface area contributed by atoms with Gasteiger partial charge >= 0.3 is 6.03 Å². The van der Waals surface area contributed by atoms with Crippen LogP contribution in [0.1, 0.15) is 37.2 Å². The summed E-state index contributed by atoms with van der Waals surface area (Å²) in [6, 6.07) is 7.78. The number of hydrogen-bond donors (Lipinski definition) is 1. The number of nitrogens with one attached hydrogen (secondary N) is 1. The second kappa shape index (κ2) is 7.26. The van der Waals surface area contributed by atoms with Gasteiger partial charge in [-0.2, -0.15) is 0 Å². The second-order valence-corrected chi connectivity index (χ2v) is 6.57. The minimum atomic E-state index is -0.545. The van der Waals surface area contributed by atoms with Gasteiger partial charge in [-0.3, -0.25) is 0 Å². The number of carbonyl (C=O) groups excluding carboxylic acids is 1. The summed E-state index contributed by atoms with van der Waals surface area (Å²) in [6.07, 6.45) is 4.11. The number of amides is 2. The Kier molecular flexibility index (Phi) is 5.09. The van der Waals surface area contributed by atoms with Gasteiger partial charge in [-0.1, -0.05) is 24.4 Å². The number of hydrogen-bond acceptors (Lipinski definition) is 2. The first-order valence-corrected chi connectivity index (χ1v) is 8.49. The Morgan fingerprint density at radius 2 is 2.08 bits per heavy atom. The van der Waals surface area contributed by atoms with E-state index in [9.17, 15) is 9.18 Å². The quantitative estimate of drug-likeness (QED) is 0.807. The maximum atomic E-state index is 13.9. The summed E-state index contributed by atoms with van der Waals surface area (Å²) >= 11 is 5.75. The van der Waals surface area contributed by atoms with E-state index in [1.54, 1.807) is 11.0 Å². The van der Waals surface area contributed by atoms with Gasteiger partial charge in [0.05, 0.1) is 12.2 Å². The molecule has 1 fully saturated rings. The summed E-state index contributed by atoms with van der Waals surface area (Å²) in [5, 5.41) is 2.95. The number of benzene rings is 1. The Morgan fingerprint density at radius 1 is 1.33 bits per heavy atom. The van der Waals surface area contributed by atoms with Gasteiger partial charge in [0.2, 0.25) is 0 Å². The van der Waals surface area contributed by atoms with Crippen molar-refractivity contribution in [3.05, 3.63) is 52.7 Å². The Hall–Kier alpha value is -2.01. The van der Waals surface area contributed by atoms with Crippen molar-refractivity contribution >= 4 is 23.3 Å². The summed E-state index contributed by atoms with van der Waals surface area (Å²) in [5.41, 5.74) is 0.128. The molecule has 4 nitrogen and oxygen atoms in total. The lowest BCUT2D eigenvalue weighted by Gasteiger charge is -2.28. The van der Waals surface area contributed by atoms with Crippen molar-refractivity contribution in [3.8, 4) is 0 Å². The standard InChI is InChI=1S/C18H20ClFN2O2/c1-12-6-8-15(24-12)11-22(14-4-2-3-5-14)18(23)21-17-9-7-13(19)10-16(17)20/h6-10,14H,2-5,11H2,1H3,(H,21,23). The van der Waals surface area contributed by atoms with Gasteiger partial charge in [0.1, 0.15) is 17.3 Å². The first-order valence-electron chi connectivity index (χ1n) is 8.11. The van der Waals surface area contributed by atoms with Crippen molar-refractivity contribution in [1.82, 2.24) is 4.90 Å². The average molecular weight is 351 g/mol. The number of urea groups is 1. The maximum Gasteiger partial charge on any atom is 0.322 e. The first kappa shape index (κ1) is 16.8. The van der Waals surface area contributed by atoms with Crippen LogP contribution in [-0.4, -0.2) is 17.0 Å². The van der Waals surface area contributed by atoms with Crippen LogP contribution < -0.4 is 5.32 Å². The molecule has 2 amide bonds. The highest BCUT2D eigenvalue weighted by molar-refractivity contribution is 6.30. The summed E-state index contributed by atoms with van der Waals surface area (Å²) in [5.74, 6) is 0.989. The Morgan fingerprint density at radius 3 is 2.71 bits per heavy atom. The number of anilines is 1. The molecule has 24 heavy (non-hydrogen) atoms. The highest BCUT2D eigenvalue weighted by Gasteiger charge is 2.28. The smallest absolute Gasteiger partial charge is 0.322 e. The monoisotopic (exact) mass is 350 g/mol.